The van der Waals surface area contributed by atoms with Gasteiger partial charge < -0.3 is 19.5 Å². The molecule has 0 heterocycles. The van der Waals surface area contributed by atoms with Crippen molar-refractivity contribution >= 4 is 23.3 Å². The SMILES string of the molecule is C=CCN(C=C1C(=O)CC(COC)[C@@]2(C)C1=C(O)C(=O)C1=C2C(OC(C)=O)C[C@]2(C)C(=O)CCC12)CC=C. The molecule has 1 N–H and O–H groups in total. The molecule has 5 atom stereocenters. The van der Waals surface area contributed by atoms with Crippen LogP contribution in [0.4, 0.5) is 0 Å². The van der Waals surface area contributed by atoms with Crippen LogP contribution < -0.4 is 0 Å². The Morgan fingerprint density at radius 2 is 1.84 bits per heavy atom. The molecule has 2 fully saturated rings. The van der Waals surface area contributed by atoms with E-state index in [-0.39, 0.29) is 42.2 Å². The standard InChI is InChI=1S/C30H37NO7/c1-7-11-31(12-8-2)15-19-21(33)13-18(16-37-6)30(5)25(19)28(36)27(35)24-20-9-10-23(34)29(20,4)14-22(26(24)30)38-17(3)32/h7-8,15,18,20,22,36H,1-2,9-14,16H2,3-6H3/t18?,20?,22?,29-,30-/m0/s1. The van der Waals surface area contributed by atoms with E-state index in [1.165, 1.54) is 6.92 Å². The number of allylic oxidation sites excluding steroid dienone is 3. The van der Waals surface area contributed by atoms with E-state index in [1.54, 1.807) is 25.5 Å². The molecule has 0 aromatic rings. The molecule has 0 aromatic heterocycles. The van der Waals surface area contributed by atoms with Gasteiger partial charge in [0.25, 0.3) is 0 Å². The average molecular weight is 524 g/mol. The van der Waals surface area contributed by atoms with Crippen LogP contribution in [0.3, 0.4) is 0 Å². The number of rotatable bonds is 8. The van der Waals surface area contributed by atoms with E-state index in [1.807, 2.05) is 18.7 Å². The Labute approximate surface area is 223 Å². The van der Waals surface area contributed by atoms with Crippen LogP contribution in [0.2, 0.25) is 0 Å². The minimum Gasteiger partial charge on any atom is -0.504 e. The lowest BCUT2D eigenvalue weighted by molar-refractivity contribution is -0.150. The highest BCUT2D eigenvalue weighted by atomic mass is 16.5. The quantitative estimate of drug-likeness (QED) is 0.291. The van der Waals surface area contributed by atoms with Gasteiger partial charge in [-0.25, -0.2) is 0 Å². The summed E-state index contributed by atoms with van der Waals surface area (Å²) in [6.07, 6.45) is 5.34. The maximum Gasteiger partial charge on any atom is 0.303 e. The smallest absolute Gasteiger partial charge is 0.303 e. The van der Waals surface area contributed by atoms with E-state index in [9.17, 15) is 24.3 Å². The van der Waals surface area contributed by atoms with E-state index in [2.05, 4.69) is 13.2 Å². The van der Waals surface area contributed by atoms with Crippen molar-refractivity contribution in [3.05, 3.63) is 59.6 Å². The molecule has 3 unspecified atom stereocenters. The lowest BCUT2D eigenvalue weighted by atomic mass is 9.50. The summed E-state index contributed by atoms with van der Waals surface area (Å²) in [4.78, 5) is 54.7. The highest BCUT2D eigenvalue weighted by molar-refractivity contribution is 6.14. The molecular weight excluding hydrogens is 486 g/mol. The van der Waals surface area contributed by atoms with Crippen LogP contribution in [-0.2, 0) is 28.7 Å². The van der Waals surface area contributed by atoms with Gasteiger partial charge in [0.15, 0.2) is 11.5 Å². The predicted molar refractivity (Wildman–Crippen MR) is 141 cm³/mol. The molecule has 2 saturated carbocycles. The Hall–Kier alpha value is -3.26. The Morgan fingerprint density at radius 1 is 1.18 bits per heavy atom. The fourth-order valence-corrected chi connectivity index (χ4v) is 7.22. The lowest BCUT2D eigenvalue weighted by Crippen LogP contribution is -2.54. The van der Waals surface area contributed by atoms with Crippen LogP contribution >= 0.6 is 0 Å². The Bertz CT molecular complexity index is 1200. The predicted octanol–water partition coefficient (Wildman–Crippen LogP) is 3.80. The van der Waals surface area contributed by atoms with E-state index in [0.29, 0.717) is 37.1 Å². The number of hydrogen-bond donors (Lipinski definition) is 1. The van der Waals surface area contributed by atoms with Crippen molar-refractivity contribution in [3.63, 3.8) is 0 Å². The number of aliphatic hydroxyl groups is 1. The van der Waals surface area contributed by atoms with Crippen LogP contribution in [0.1, 0.15) is 46.5 Å². The second kappa shape index (κ2) is 10.1. The average Bonchev–Trinajstić information content (AvgIpc) is 3.13. The molecule has 4 rings (SSSR count). The molecule has 4 aliphatic rings. The monoisotopic (exact) mass is 523 g/mol. The first kappa shape index (κ1) is 27.8. The molecular formula is C30H37NO7. The fraction of sp³-hybridized carbons (Fsp3) is 0.533. The number of carbonyl (C=O) groups is 4. The van der Waals surface area contributed by atoms with Gasteiger partial charge in [-0.05, 0) is 12.0 Å². The van der Waals surface area contributed by atoms with E-state index < -0.39 is 46.3 Å². The van der Waals surface area contributed by atoms with Crippen LogP contribution in [0, 0.1) is 22.7 Å². The van der Waals surface area contributed by atoms with Gasteiger partial charge in [0.05, 0.1) is 6.61 Å². The van der Waals surface area contributed by atoms with Crippen molar-refractivity contribution in [1.82, 2.24) is 4.90 Å². The third-order valence-corrected chi connectivity index (χ3v) is 8.94. The summed E-state index contributed by atoms with van der Waals surface area (Å²) >= 11 is 0. The topological polar surface area (TPSA) is 110 Å². The van der Waals surface area contributed by atoms with Crippen molar-refractivity contribution < 1.29 is 33.8 Å². The third-order valence-electron chi connectivity index (χ3n) is 8.94. The first-order chi connectivity index (χ1) is 17.9. The summed E-state index contributed by atoms with van der Waals surface area (Å²) < 4.78 is 11.4. The Morgan fingerprint density at radius 3 is 2.42 bits per heavy atom. The van der Waals surface area contributed by atoms with Crippen LogP contribution in [-0.4, -0.2) is 66.2 Å². The normalized spacial score (nSPS) is 33.6. The maximum atomic E-state index is 14.0. The van der Waals surface area contributed by atoms with Gasteiger partial charge in [-0.2, -0.15) is 0 Å². The molecule has 0 aromatic carbocycles. The van der Waals surface area contributed by atoms with E-state index in [0.717, 1.165) is 0 Å². The minimum atomic E-state index is -1.05. The van der Waals surface area contributed by atoms with Crippen molar-refractivity contribution in [2.75, 3.05) is 26.8 Å². The lowest BCUT2D eigenvalue weighted by Gasteiger charge is -2.54. The number of ether oxygens (including phenoxy) is 2. The van der Waals surface area contributed by atoms with Crippen molar-refractivity contribution in [2.45, 2.75) is 52.6 Å². The van der Waals surface area contributed by atoms with Gasteiger partial charge in [0, 0.05) is 92.0 Å². The molecule has 0 radical (unpaired) electrons. The molecule has 0 spiro atoms. The number of nitrogens with zero attached hydrogens (tertiary/aromatic N) is 1. The number of carbonyl (C=O) groups excluding carboxylic acids is 4. The molecule has 0 saturated heterocycles. The fourth-order valence-electron chi connectivity index (χ4n) is 7.22. The van der Waals surface area contributed by atoms with E-state index in [4.69, 9.17) is 9.47 Å². The van der Waals surface area contributed by atoms with Gasteiger partial charge in [0.2, 0.25) is 5.78 Å². The molecule has 38 heavy (non-hydrogen) atoms. The summed E-state index contributed by atoms with van der Waals surface area (Å²) in [5.74, 6) is -2.66. The zero-order valence-corrected chi connectivity index (χ0v) is 22.7. The largest absolute Gasteiger partial charge is 0.504 e. The van der Waals surface area contributed by atoms with Crippen molar-refractivity contribution in [1.29, 1.82) is 0 Å². The molecule has 4 aliphatic carbocycles. The number of Topliss-reactive ketones (excluding diaryl/α,β-unsaturated/α-hetero) is 3. The minimum absolute atomic E-state index is 0.0239. The molecule has 8 nitrogen and oxygen atoms in total. The van der Waals surface area contributed by atoms with Gasteiger partial charge in [-0.3, -0.25) is 19.2 Å². The Balaban J connectivity index is 2.02. The van der Waals surface area contributed by atoms with Crippen molar-refractivity contribution in [2.24, 2.45) is 22.7 Å². The molecule has 0 aliphatic heterocycles. The van der Waals surface area contributed by atoms with Gasteiger partial charge >= 0.3 is 5.97 Å². The number of hydrogen-bond acceptors (Lipinski definition) is 8. The van der Waals surface area contributed by atoms with Crippen molar-refractivity contribution in [3.8, 4) is 0 Å². The zero-order chi connectivity index (χ0) is 28.0. The molecule has 8 heteroatoms. The van der Waals surface area contributed by atoms with Crippen LogP contribution in [0.5, 0.6) is 0 Å². The summed E-state index contributed by atoms with van der Waals surface area (Å²) in [6, 6.07) is 0. The third kappa shape index (κ3) is 4.10. The first-order valence-corrected chi connectivity index (χ1v) is 13.1. The number of ketones is 3. The van der Waals surface area contributed by atoms with Gasteiger partial charge in [-0.15, -0.1) is 13.2 Å². The highest BCUT2D eigenvalue weighted by Crippen LogP contribution is 2.63. The molecule has 0 amide bonds. The Kier molecular flexibility index (Phi) is 7.40. The first-order valence-electron chi connectivity index (χ1n) is 13.1. The summed E-state index contributed by atoms with van der Waals surface area (Å²) in [5, 5.41) is 11.6. The molecule has 0 bridgehead atoms. The maximum absolute atomic E-state index is 14.0. The number of esters is 1. The number of aliphatic hydroxyl groups excluding tert-OH is 1. The van der Waals surface area contributed by atoms with Gasteiger partial charge in [0.1, 0.15) is 11.9 Å². The summed E-state index contributed by atoms with van der Waals surface area (Å²) in [5.41, 5.74) is -0.538. The van der Waals surface area contributed by atoms with E-state index >= 15 is 0 Å². The highest BCUT2D eigenvalue weighted by Gasteiger charge is 2.63. The van der Waals surface area contributed by atoms with Gasteiger partial charge in [-0.1, -0.05) is 26.0 Å². The second-order valence-corrected chi connectivity index (χ2v) is 11.2. The molecule has 204 valence electrons. The summed E-state index contributed by atoms with van der Waals surface area (Å²) in [7, 11) is 1.54. The zero-order valence-electron chi connectivity index (χ0n) is 22.7. The van der Waals surface area contributed by atoms with Crippen LogP contribution in [0.15, 0.2) is 59.6 Å². The number of methoxy groups -OCH3 is 1. The summed E-state index contributed by atoms with van der Waals surface area (Å²) in [6.45, 7) is 13.6. The second-order valence-electron chi connectivity index (χ2n) is 11.2. The van der Waals surface area contributed by atoms with Crippen LogP contribution in [0.25, 0.3) is 0 Å². The number of fused-ring (bicyclic) bond motifs is 4.